The molecule has 2 aromatic rings. The van der Waals surface area contributed by atoms with E-state index in [4.69, 9.17) is 23.2 Å². The van der Waals surface area contributed by atoms with Gasteiger partial charge in [0.05, 0.1) is 21.9 Å². The molecule has 20 heavy (non-hydrogen) atoms. The van der Waals surface area contributed by atoms with Crippen LogP contribution in [-0.4, -0.2) is 11.3 Å². The minimum Gasteiger partial charge on any atom is -0.505 e. The van der Waals surface area contributed by atoms with E-state index in [0.717, 1.165) is 5.69 Å². The predicted octanol–water partition coefficient (Wildman–Crippen LogP) is 4.76. The summed E-state index contributed by atoms with van der Waals surface area (Å²) in [7, 11) is 0. The lowest BCUT2D eigenvalue weighted by Gasteiger charge is -2.04. The summed E-state index contributed by atoms with van der Waals surface area (Å²) in [6, 6.07) is 9.18. The molecule has 0 atom stereocenters. The quantitative estimate of drug-likeness (QED) is 0.634. The van der Waals surface area contributed by atoms with Gasteiger partial charge in [-0.3, -0.25) is 5.43 Å². The third kappa shape index (κ3) is 3.44. The Morgan fingerprint density at radius 3 is 2.30 bits per heavy atom. The van der Waals surface area contributed by atoms with E-state index < -0.39 is 0 Å². The summed E-state index contributed by atoms with van der Waals surface area (Å²) in [6.07, 6.45) is 1.59. The van der Waals surface area contributed by atoms with Gasteiger partial charge in [-0.25, -0.2) is 0 Å². The summed E-state index contributed by atoms with van der Waals surface area (Å²) >= 11 is 11.7. The first-order valence-electron chi connectivity index (χ1n) is 6.01. The molecular formula is C15H14Cl2N2O. The van der Waals surface area contributed by atoms with Crippen LogP contribution < -0.4 is 5.43 Å². The van der Waals surface area contributed by atoms with Crippen molar-refractivity contribution in [3.05, 3.63) is 57.1 Å². The van der Waals surface area contributed by atoms with Crippen LogP contribution in [0.5, 0.6) is 5.75 Å². The maximum Gasteiger partial charge on any atom is 0.152 e. The summed E-state index contributed by atoms with van der Waals surface area (Å²) in [5.41, 5.74) is 6.97. The van der Waals surface area contributed by atoms with Gasteiger partial charge in [0.1, 0.15) is 0 Å². The van der Waals surface area contributed by atoms with Gasteiger partial charge in [0, 0.05) is 0 Å². The molecule has 0 unspecified atom stereocenters. The molecule has 0 saturated heterocycles. The molecule has 5 heteroatoms. The Labute approximate surface area is 127 Å². The number of anilines is 1. The fourth-order valence-corrected chi connectivity index (χ4v) is 2.16. The van der Waals surface area contributed by atoms with E-state index in [1.807, 2.05) is 25.1 Å². The molecule has 0 fully saturated rings. The number of hydrazone groups is 1. The first kappa shape index (κ1) is 14.7. The summed E-state index contributed by atoms with van der Waals surface area (Å²) in [6.45, 7) is 4.10. The van der Waals surface area contributed by atoms with Crippen LogP contribution in [0.3, 0.4) is 0 Å². The molecule has 0 aliphatic heterocycles. The van der Waals surface area contributed by atoms with Gasteiger partial charge in [0.15, 0.2) is 5.75 Å². The molecule has 0 radical (unpaired) electrons. The lowest BCUT2D eigenvalue weighted by molar-refractivity contribution is 0.476. The molecule has 0 spiro atoms. The highest BCUT2D eigenvalue weighted by Gasteiger charge is 2.05. The fraction of sp³-hybridized carbons (Fsp3) is 0.133. The van der Waals surface area contributed by atoms with Crippen LogP contribution in [0.1, 0.15) is 16.7 Å². The van der Waals surface area contributed by atoms with Gasteiger partial charge in [0.25, 0.3) is 0 Å². The van der Waals surface area contributed by atoms with Crippen molar-refractivity contribution >= 4 is 35.1 Å². The van der Waals surface area contributed by atoms with Crippen LogP contribution >= 0.6 is 23.2 Å². The second-order valence-corrected chi connectivity index (χ2v) is 5.32. The lowest BCUT2D eigenvalue weighted by atomic mass is 10.1. The SMILES string of the molecule is Cc1ccc(N/N=C/c2cc(Cl)c(O)c(Cl)c2)cc1C. The summed E-state index contributed by atoms with van der Waals surface area (Å²) < 4.78 is 0. The fourth-order valence-electron chi connectivity index (χ4n) is 1.65. The van der Waals surface area contributed by atoms with Crippen molar-refractivity contribution in [1.29, 1.82) is 0 Å². The van der Waals surface area contributed by atoms with Gasteiger partial charge < -0.3 is 5.11 Å². The summed E-state index contributed by atoms with van der Waals surface area (Å²) in [4.78, 5) is 0. The van der Waals surface area contributed by atoms with Crippen molar-refractivity contribution < 1.29 is 5.11 Å². The van der Waals surface area contributed by atoms with Crippen LogP contribution in [-0.2, 0) is 0 Å². The van der Waals surface area contributed by atoms with E-state index in [-0.39, 0.29) is 15.8 Å². The number of aryl methyl sites for hydroxylation is 2. The molecule has 2 N–H and O–H groups in total. The maximum absolute atomic E-state index is 9.47. The van der Waals surface area contributed by atoms with Crippen LogP contribution in [0.2, 0.25) is 10.0 Å². The Morgan fingerprint density at radius 1 is 1.05 bits per heavy atom. The Kier molecular flexibility index (Phi) is 4.53. The average molecular weight is 309 g/mol. The predicted molar refractivity (Wildman–Crippen MR) is 85.3 cm³/mol. The van der Waals surface area contributed by atoms with Crippen molar-refractivity contribution in [2.45, 2.75) is 13.8 Å². The second kappa shape index (κ2) is 6.16. The average Bonchev–Trinajstić information content (AvgIpc) is 2.40. The monoisotopic (exact) mass is 308 g/mol. The van der Waals surface area contributed by atoms with Crippen molar-refractivity contribution in [1.82, 2.24) is 0 Å². The molecule has 2 rings (SSSR count). The first-order chi connectivity index (χ1) is 9.47. The summed E-state index contributed by atoms with van der Waals surface area (Å²) in [5.74, 6) is -0.118. The molecule has 0 bridgehead atoms. The molecule has 0 amide bonds. The molecule has 0 heterocycles. The maximum atomic E-state index is 9.47. The van der Waals surface area contributed by atoms with E-state index >= 15 is 0 Å². The molecule has 0 saturated carbocycles. The normalized spacial score (nSPS) is 11.0. The Bertz CT molecular complexity index is 646. The molecular weight excluding hydrogens is 295 g/mol. The van der Waals surface area contributed by atoms with Gasteiger partial charge in [-0.15, -0.1) is 0 Å². The number of phenols is 1. The number of nitrogens with one attached hydrogen (secondary N) is 1. The number of rotatable bonds is 3. The second-order valence-electron chi connectivity index (χ2n) is 4.50. The van der Waals surface area contributed by atoms with Crippen molar-refractivity contribution in [2.24, 2.45) is 5.10 Å². The summed E-state index contributed by atoms with van der Waals surface area (Å²) in [5, 5.41) is 14.0. The highest BCUT2D eigenvalue weighted by Crippen LogP contribution is 2.32. The van der Waals surface area contributed by atoms with Crippen LogP contribution in [0.15, 0.2) is 35.4 Å². The number of hydrogen-bond donors (Lipinski definition) is 2. The van der Waals surface area contributed by atoms with E-state index in [1.165, 1.54) is 11.1 Å². The number of benzene rings is 2. The van der Waals surface area contributed by atoms with E-state index in [9.17, 15) is 5.11 Å². The van der Waals surface area contributed by atoms with Crippen LogP contribution in [0.25, 0.3) is 0 Å². The Morgan fingerprint density at radius 2 is 1.70 bits per heavy atom. The molecule has 0 aliphatic carbocycles. The molecule has 0 aliphatic rings. The van der Waals surface area contributed by atoms with Gasteiger partial charge in [-0.05, 0) is 54.8 Å². The zero-order chi connectivity index (χ0) is 14.7. The van der Waals surface area contributed by atoms with Gasteiger partial charge in [0.2, 0.25) is 0 Å². The van der Waals surface area contributed by atoms with E-state index in [1.54, 1.807) is 18.3 Å². The van der Waals surface area contributed by atoms with Gasteiger partial charge in [-0.2, -0.15) is 5.10 Å². The van der Waals surface area contributed by atoms with Crippen LogP contribution in [0, 0.1) is 13.8 Å². The van der Waals surface area contributed by atoms with Crippen molar-refractivity contribution in [3.8, 4) is 5.75 Å². The number of aromatic hydroxyl groups is 1. The lowest BCUT2D eigenvalue weighted by Crippen LogP contribution is -1.92. The number of halogens is 2. The largest absolute Gasteiger partial charge is 0.505 e. The van der Waals surface area contributed by atoms with Gasteiger partial charge >= 0.3 is 0 Å². The first-order valence-corrected chi connectivity index (χ1v) is 6.77. The minimum atomic E-state index is -0.118. The third-order valence-corrected chi connectivity index (χ3v) is 3.53. The molecule has 0 aromatic heterocycles. The van der Waals surface area contributed by atoms with E-state index in [2.05, 4.69) is 17.5 Å². The Hall–Kier alpha value is -1.71. The minimum absolute atomic E-state index is 0.118. The number of nitrogens with zero attached hydrogens (tertiary/aromatic N) is 1. The molecule has 104 valence electrons. The zero-order valence-electron chi connectivity index (χ0n) is 11.1. The van der Waals surface area contributed by atoms with E-state index in [0.29, 0.717) is 5.56 Å². The highest BCUT2D eigenvalue weighted by molar-refractivity contribution is 6.37. The molecule has 2 aromatic carbocycles. The van der Waals surface area contributed by atoms with Crippen molar-refractivity contribution in [2.75, 3.05) is 5.43 Å². The van der Waals surface area contributed by atoms with Crippen molar-refractivity contribution in [3.63, 3.8) is 0 Å². The standard InChI is InChI=1S/C15H14Cl2N2O/c1-9-3-4-12(5-10(9)2)19-18-8-11-6-13(16)15(20)14(17)7-11/h3-8,19-20H,1-2H3/b18-8+. The highest BCUT2D eigenvalue weighted by atomic mass is 35.5. The smallest absolute Gasteiger partial charge is 0.152 e. The third-order valence-electron chi connectivity index (χ3n) is 2.95. The van der Waals surface area contributed by atoms with Crippen LogP contribution in [0.4, 0.5) is 5.69 Å². The Balaban J connectivity index is 2.12. The topological polar surface area (TPSA) is 44.6 Å². The zero-order valence-corrected chi connectivity index (χ0v) is 12.6. The number of hydrogen-bond acceptors (Lipinski definition) is 3. The number of phenolic OH excluding ortho intramolecular Hbond substituents is 1. The molecule has 3 nitrogen and oxygen atoms in total. The van der Waals surface area contributed by atoms with Gasteiger partial charge in [-0.1, -0.05) is 29.3 Å².